The summed E-state index contributed by atoms with van der Waals surface area (Å²) in [5, 5.41) is 10.3. The highest BCUT2D eigenvalue weighted by Crippen LogP contribution is 2.29. The van der Waals surface area contributed by atoms with Gasteiger partial charge >= 0.3 is 5.97 Å². The minimum Gasteiger partial charge on any atom is -0.478 e. The first-order valence-corrected chi connectivity index (χ1v) is 7.12. The molecule has 0 radical (unpaired) electrons. The maximum atomic E-state index is 11.5. The Morgan fingerprint density at radius 3 is 2.76 bits per heavy atom. The van der Waals surface area contributed by atoms with Gasteiger partial charge in [0.1, 0.15) is 5.56 Å². The highest BCUT2D eigenvalue weighted by atomic mass is 16.5. The number of likely N-dealkylation sites (N-methyl/N-ethyl adjacent to an activating group) is 1. The molecule has 2 aromatic rings. The molecule has 0 bridgehead atoms. The first kappa shape index (κ1) is 15.3. The van der Waals surface area contributed by atoms with Crippen LogP contribution in [0.1, 0.15) is 24.2 Å². The minimum atomic E-state index is -0.960. The SMILES string of the molecule is CCOCCN(CC)c1c(C(=O)O)cnc2ccccc12. The summed E-state index contributed by atoms with van der Waals surface area (Å²) in [4.78, 5) is 17.8. The van der Waals surface area contributed by atoms with E-state index in [-0.39, 0.29) is 5.56 Å². The van der Waals surface area contributed by atoms with Gasteiger partial charge in [-0.3, -0.25) is 4.98 Å². The Balaban J connectivity index is 2.51. The number of ether oxygens (including phenoxy) is 1. The normalized spacial score (nSPS) is 10.8. The van der Waals surface area contributed by atoms with Crippen molar-refractivity contribution in [2.45, 2.75) is 13.8 Å². The Kier molecular flexibility index (Phi) is 5.11. The third kappa shape index (κ3) is 3.31. The number of para-hydroxylation sites is 1. The van der Waals surface area contributed by atoms with Gasteiger partial charge in [0.15, 0.2) is 0 Å². The van der Waals surface area contributed by atoms with Gasteiger partial charge in [-0.15, -0.1) is 0 Å². The lowest BCUT2D eigenvalue weighted by Crippen LogP contribution is -2.29. The number of fused-ring (bicyclic) bond motifs is 1. The molecule has 5 heteroatoms. The van der Waals surface area contributed by atoms with Gasteiger partial charge in [-0.2, -0.15) is 0 Å². The number of nitrogens with zero attached hydrogens (tertiary/aromatic N) is 2. The van der Waals surface area contributed by atoms with Crippen molar-refractivity contribution >= 4 is 22.6 Å². The van der Waals surface area contributed by atoms with Crippen molar-refractivity contribution in [3.8, 4) is 0 Å². The van der Waals surface area contributed by atoms with Crippen LogP contribution in [0.4, 0.5) is 5.69 Å². The summed E-state index contributed by atoms with van der Waals surface area (Å²) < 4.78 is 5.40. The Bertz CT molecular complexity index is 628. The smallest absolute Gasteiger partial charge is 0.339 e. The van der Waals surface area contributed by atoms with Gasteiger partial charge in [0.05, 0.1) is 17.8 Å². The molecule has 0 spiro atoms. The zero-order valence-electron chi connectivity index (χ0n) is 12.4. The van der Waals surface area contributed by atoms with Gasteiger partial charge in [-0.05, 0) is 19.9 Å². The predicted octanol–water partition coefficient (Wildman–Crippen LogP) is 2.80. The molecule has 1 N–H and O–H groups in total. The Morgan fingerprint density at radius 2 is 2.10 bits per heavy atom. The van der Waals surface area contributed by atoms with E-state index in [1.165, 1.54) is 6.20 Å². The molecule has 1 aromatic heterocycles. The fourth-order valence-corrected chi connectivity index (χ4v) is 2.37. The molecule has 0 aliphatic rings. The number of anilines is 1. The zero-order chi connectivity index (χ0) is 15.2. The van der Waals surface area contributed by atoms with Crippen LogP contribution >= 0.6 is 0 Å². The Labute approximate surface area is 124 Å². The molecule has 0 fully saturated rings. The van der Waals surface area contributed by atoms with Gasteiger partial charge in [-0.25, -0.2) is 4.79 Å². The van der Waals surface area contributed by atoms with E-state index in [1.807, 2.05) is 43.0 Å². The van der Waals surface area contributed by atoms with Crippen LogP contribution in [0, 0.1) is 0 Å². The average molecular weight is 288 g/mol. The number of aromatic carboxylic acids is 1. The topological polar surface area (TPSA) is 62.7 Å². The second kappa shape index (κ2) is 7.04. The number of carboxylic acids is 1. The summed E-state index contributed by atoms with van der Waals surface area (Å²) in [6, 6.07) is 7.60. The van der Waals surface area contributed by atoms with Gasteiger partial charge < -0.3 is 14.7 Å². The van der Waals surface area contributed by atoms with E-state index >= 15 is 0 Å². The monoisotopic (exact) mass is 288 g/mol. The van der Waals surface area contributed by atoms with Crippen molar-refractivity contribution in [1.29, 1.82) is 0 Å². The zero-order valence-corrected chi connectivity index (χ0v) is 12.4. The first-order valence-electron chi connectivity index (χ1n) is 7.12. The van der Waals surface area contributed by atoms with Crippen molar-refractivity contribution in [3.05, 3.63) is 36.0 Å². The molecular weight excluding hydrogens is 268 g/mol. The number of carbonyl (C=O) groups is 1. The number of pyridine rings is 1. The van der Waals surface area contributed by atoms with Crippen LogP contribution in [-0.2, 0) is 4.74 Å². The largest absolute Gasteiger partial charge is 0.478 e. The van der Waals surface area contributed by atoms with Crippen molar-refractivity contribution < 1.29 is 14.6 Å². The number of aromatic nitrogens is 1. The number of carboxylic acid groups (broad SMARTS) is 1. The number of hydrogen-bond donors (Lipinski definition) is 1. The lowest BCUT2D eigenvalue weighted by Gasteiger charge is -2.26. The summed E-state index contributed by atoms with van der Waals surface area (Å²) in [5.74, 6) is -0.960. The molecule has 0 aliphatic carbocycles. The standard InChI is InChI=1S/C16H20N2O3/c1-3-18(9-10-21-4-2)15-12-7-5-6-8-14(12)17-11-13(15)16(19)20/h5-8,11H,3-4,9-10H2,1-2H3,(H,19,20). The van der Waals surface area contributed by atoms with Gasteiger partial charge in [-0.1, -0.05) is 18.2 Å². The first-order chi connectivity index (χ1) is 10.2. The summed E-state index contributed by atoms with van der Waals surface area (Å²) in [5.41, 5.74) is 1.75. The summed E-state index contributed by atoms with van der Waals surface area (Å²) in [6.07, 6.45) is 1.43. The summed E-state index contributed by atoms with van der Waals surface area (Å²) in [6.45, 7) is 6.54. The van der Waals surface area contributed by atoms with E-state index in [0.29, 0.717) is 26.3 Å². The maximum Gasteiger partial charge on any atom is 0.339 e. The van der Waals surface area contributed by atoms with Gasteiger partial charge in [0.2, 0.25) is 0 Å². The van der Waals surface area contributed by atoms with E-state index in [0.717, 1.165) is 16.6 Å². The summed E-state index contributed by atoms with van der Waals surface area (Å²) >= 11 is 0. The van der Waals surface area contributed by atoms with Crippen LogP contribution in [-0.4, -0.2) is 42.4 Å². The number of hydrogen-bond acceptors (Lipinski definition) is 4. The van der Waals surface area contributed by atoms with Crippen LogP contribution in [0.15, 0.2) is 30.5 Å². The van der Waals surface area contributed by atoms with E-state index in [4.69, 9.17) is 4.74 Å². The minimum absolute atomic E-state index is 0.229. The van der Waals surface area contributed by atoms with Crippen molar-refractivity contribution in [1.82, 2.24) is 4.98 Å². The molecule has 0 aliphatic heterocycles. The number of rotatable bonds is 7. The second-order valence-corrected chi connectivity index (χ2v) is 4.62. The lowest BCUT2D eigenvalue weighted by atomic mass is 10.1. The molecule has 5 nitrogen and oxygen atoms in total. The summed E-state index contributed by atoms with van der Waals surface area (Å²) in [7, 11) is 0. The molecule has 2 rings (SSSR count). The molecule has 1 heterocycles. The fraction of sp³-hybridized carbons (Fsp3) is 0.375. The molecule has 21 heavy (non-hydrogen) atoms. The molecule has 0 saturated carbocycles. The lowest BCUT2D eigenvalue weighted by molar-refractivity contribution is 0.0697. The Morgan fingerprint density at radius 1 is 1.33 bits per heavy atom. The van der Waals surface area contributed by atoms with Crippen LogP contribution < -0.4 is 4.90 Å². The molecule has 112 valence electrons. The van der Waals surface area contributed by atoms with E-state index in [9.17, 15) is 9.90 Å². The van der Waals surface area contributed by atoms with Gasteiger partial charge in [0.25, 0.3) is 0 Å². The second-order valence-electron chi connectivity index (χ2n) is 4.62. The highest BCUT2D eigenvalue weighted by Gasteiger charge is 2.19. The van der Waals surface area contributed by atoms with E-state index in [2.05, 4.69) is 4.98 Å². The van der Waals surface area contributed by atoms with Crippen LogP contribution in [0.3, 0.4) is 0 Å². The predicted molar refractivity (Wildman–Crippen MR) is 83.1 cm³/mol. The molecule has 0 unspecified atom stereocenters. The van der Waals surface area contributed by atoms with Crippen molar-refractivity contribution in [3.63, 3.8) is 0 Å². The van der Waals surface area contributed by atoms with Crippen molar-refractivity contribution in [2.24, 2.45) is 0 Å². The van der Waals surface area contributed by atoms with Crippen LogP contribution in [0.5, 0.6) is 0 Å². The molecule has 0 atom stereocenters. The molecule has 0 saturated heterocycles. The number of benzene rings is 1. The molecule has 0 amide bonds. The molecule has 1 aromatic carbocycles. The third-order valence-electron chi connectivity index (χ3n) is 3.39. The van der Waals surface area contributed by atoms with Crippen LogP contribution in [0.25, 0.3) is 10.9 Å². The highest BCUT2D eigenvalue weighted by molar-refractivity contribution is 6.04. The average Bonchev–Trinajstić information content (AvgIpc) is 2.51. The fourth-order valence-electron chi connectivity index (χ4n) is 2.37. The molecular formula is C16H20N2O3. The maximum absolute atomic E-state index is 11.5. The van der Waals surface area contributed by atoms with E-state index < -0.39 is 5.97 Å². The quantitative estimate of drug-likeness (QED) is 0.794. The van der Waals surface area contributed by atoms with E-state index in [1.54, 1.807) is 0 Å². The third-order valence-corrected chi connectivity index (χ3v) is 3.39. The van der Waals surface area contributed by atoms with Crippen LogP contribution in [0.2, 0.25) is 0 Å². The van der Waals surface area contributed by atoms with Crippen molar-refractivity contribution in [2.75, 3.05) is 31.2 Å². The van der Waals surface area contributed by atoms with Gasteiger partial charge in [0, 0.05) is 31.3 Å². The Hall–Kier alpha value is -2.14.